The summed E-state index contributed by atoms with van der Waals surface area (Å²) in [6, 6.07) is 6.24. The molecule has 1 aromatic carbocycles. The molecular formula is C11H13NO2. The molecule has 0 unspecified atom stereocenters. The van der Waals surface area contributed by atoms with Crippen LogP contribution in [0.15, 0.2) is 18.2 Å². The van der Waals surface area contributed by atoms with Gasteiger partial charge in [0.25, 0.3) is 0 Å². The largest absolute Gasteiger partial charge is 0.380 e. The molecule has 0 bridgehead atoms. The molecule has 0 atom stereocenters. The second-order valence-electron chi connectivity index (χ2n) is 3.55. The van der Waals surface area contributed by atoms with Gasteiger partial charge < -0.3 is 9.64 Å². The second-order valence-corrected chi connectivity index (χ2v) is 3.55. The molecule has 3 heteroatoms. The topological polar surface area (TPSA) is 29.5 Å². The minimum absolute atomic E-state index is 0.633. The number of hydrogen-bond acceptors (Lipinski definition) is 2. The van der Waals surface area contributed by atoms with E-state index in [2.05, 4.69) is 18.2 Å². The van der Waals surface area contributed by atoms with E-state index in [-0.39, 0.29) is 0 Å². The number of hydrogen-bond donors (Lipinski definition) is 0. The molecule has 2 rings (SSSR count). The Kier molecular flexibility index (Phi) is 2.50. The predicted molar refractivity (Wildman–Crippen MR) is 52.5 cm³/mol. The fourth-order valence-electron chi connectivity index (χ4n) is 1.81. The third-order valence-electron chi connectivity index (χ3n) is 2.48. The summed E-state index contributed by atoms with van der Waals surface area (Å²) in [5.74, 6) is 0. The van der Waals surface area contributed by atoms with Gasteiger partial charge in [-0.2, -0.15) is 0 Å². The molecular weight excluding hydrogens is 178 g/mol. The Bertz CT molecular complexity index is 349. The van der Waals surface area contributed by atoms with Crippen LogP contribution in [-0.4, -0.2) is 18.4 Å². The van der Waals surface area contributed by atoms with Crippen LogP contribution in [0.1, 0.15) is 16.7 Å². The Labute approximate surface area is 83.3 Å². The van der Waals surface area contributed by atoms with Gasteiger partial charge in [-0.1, -0.05) is 18.2 Å². The maximum absolute atomic E-state index is 10.6. The average Bonchev–Trinajstić information content (AvgIpc) is 2.60. The molecule has 0 aliphatic carbocycles. The van der Waals surface area contributed by atoms with Crippen molar-refractivity contribution in [2.45, 2.75) is 19.7 Å². The molecule has 0 spiro atoms. The number of ether oxygens (including phenoxy) is 1. The monoisotopic (exact) mass is 191 g/mol. The van der Waals surface area contributed by atoms with Crippen molar-refractivity contribution in [1.82, 2.24) is 4.90 Å². The van der Waals surface area contributed by atoms with Gasteiger partial charge >= 0.3 is 0 Å². The molecule has 0 fully saturated rings. The van der Waals surface area contributed by atoms with Crippen molar-refractivity contribution in [1.29, 1.82) is 0 Å². The molecule has 1 amide bonds. The first kappa shape index (κ1) is 9.21. The van der Waals surface area contributed by atoms with E-state index in [1.165, 1.54) is 16.7 Å². The van der Waals surface area contributed by atoms with Crippen molar-refractivity contribution in [3.63, 3.8) is 0 Å². The second kappa shape index (κ2) is 3.80. The Morgan fingerprint density at radius 1 is 1.43 bits per heavy atom. The number of amides is 1. The van der Waals surface area contributed by atoms with Crippen LogP contribution in [0.4, 0.5) is 0 Å². The van der Waals surface area contributed by atoms with E-state index in [1.54, 1.807) is 12.0 Å². The molecule has 1 aliphatic heterocycles. The van der Waals surface area contributed by atoms with Crippen LogP contribution in [0, 0.1) is 0 Å². The standard InChI is InChI=1S/C11H13NO2/c1-14-7-9-2-3-10-5-12(8-13)6-11(10)4-9/h2-4,8H,5-7H2,1H3. The number of carbonyl (C=O) groups excluding carboxylic acids is 1. The maximum atomic E-state index is 10.6. The highest BCUT2D eigenvalue weighted by molar-refractivity contribution is 5.51. The zero-order valence-corrected chi connectivity index (χ0v) is 8.19. The summed E-state index contributed by atoms with van der Waals surface area (Å²) in [5.41, 5.74) is 3.66. The van der Waals surface area contributed by atoms with E-state index in [4.69, 9.17) is 4.74 Å². The van der Waals surface area contributed by atoms with Crippen LogP contribution < -0.4 is 0 Å². The fourth-order valence-corrected chi connectivity index (χ4v) is 1.81. The fraction of sp³-hybridized carbons (Fsp3) is 0.364. The summed E-state index contributed by atoms with van der Waals surface area (Å²) in [7, 11) is 1.69. The highest BCUT2D eigenvalue weighted by Crippen LogP contribution is 2.22. The zero-order chi connectivity index (χ0) is 9.97. The van der Waals surface area contributed by atoms with E-state index < -0.39 is 0 Å². The van der Waals surface area contributed by atoms with Crippen LogP contribution in [0.25, 0.3) is 0 Å². The zero-order valence-electron chi connectivity index (χ0n) is 8.19. The number of methoxy groups -OCH3 is 1. The SMILES string of the molecule is COCc1ccc2c(c1)CN(C=O)C2. The van der Waals surface area contributed by atoms with Crippen LogP contribution in [0.3, 0.4) is 0 Å². The Morgan fingerprint density at radius 2 is 2.21 bits per heavy atom. The van der Waals surface area contributed by atoms with Crippen LogP contribution in [0.2, 0.25) is 0 Å². The summed E-state index contributed by atoms with van der Waals surface area (Å²) >= 11 is 0. The molecule has 0 saturated heterocycles. The van der Waals surface area contributed by atoms with Crippen LogP contribution >= 0.6 is 0 Å². The van der Waals surface area contributed by atoms with Crippen molar-refractivity contribution in [3.05, 3.63) is 34.9 Å². The number of nitrogens with zero attached hydrogens (tertiary/aromatic N) is 1. The van der Waals surface area contributed by atoms with Gasteiger partial charge in [0.15, 0.2) is 0 Å². The molecule has 1 aromatic rings. The molecule has 74 valence electrons. The van der Waals surface area contributed by atoms with Crippen LogP contribution in [-0.2, 0) is 29.2 Å². The van der Waals surface area contributed by atoms with Crippen molar-refractivity contribution >= 4 is 6.41 Å². The molecule has 3 nitrogen and oxygen atoms in total. The number of benzene rings is 1. The number of rotatable bonds is 3. The lowest BCUT2D eigenvalue weighted by molar-refractivity contribution is -0.118. The third-order valence-corrected chi connectivity index (χ3v) is 2.48. The predicted octanol–water partition coefficient (Wildman–Crippen LogP) is 1.31. The van der Waals surface area contributed by atoms with Gasteiger partial charge in [0, 0.05) is 20.2 Å². The van der Waals surface area contributed by atoms with Gasteiger partial charge in [-0.25, -0.2) is 0 Å². The van der Waals surface area contributed by atoms with Crippen molar-refractivity contribution in [2.24, 2.45) is 0 Å². The van der Waals surface area contributed by atoms with E-state index in [1.807, 2.05) is 0 Å². The lowest BCUT2D eigenvalue weighted by Crippen LogP contribution is -2.12. The van der Waals surface area contributed by atoms with Gasteiger partial charge in [-0.3, -0.25) is 4.79 Å². The van der Waals surface area contributed by atoms with E-state index in [9.17, 15) is 4.79 Å². The molecule has 0 saturated carbocycles. The quantitative estimate of drug-likeness (QED) is 0.674. The molecule has 0 radical (unpaired) electrons. The lowest BCUT2D eigenvalue weighted by Gasteiger charge is -2.04. The summed E-state index contributed by atoms with van der Waals surface area (Å²) in [6.45, 7) is 2.11. The average molecular weight is 191 g/mol. The molecule has 0 aromatic heterocycles. The van der Waals surface area contributed by atoms with Gasteiger partial charge in [0.2, 0.25) is 6.41 Å². The Hall–Kier alpha value is -1.35. The minimum atomic E-state index is 0.633. The summed E-state index contributed by atoms with van der Waals surface area (Å²) in [5, 5.41) is 0. The highest BCUT2D eigenvalue weighted by atomic mass is 16.5. The highest BCUT2D eigenvalue weighted by Gasteiger charge is 2.16. The Morgan fingerprint density at radius 3 is 2.93 bits per heavy atom. The maximum Gasteiger partial charge on any atom is 0.210 e. The van der Waals surface area contributed by atoms with Crippen molar-refractivity contribution in [3.8, 4) is 0 Å². The first-order chi connectivity index (χ1) is 6.83. The molecule has 0 N–H and O–H groups in total. The Balaban J connectivity index is 2.21. The van der Waals surface area contributed by atoms with E-state index in [0.717, 1.165) is 19.5 Å². The van der Waals surface area contributed by atoms with Gasteiger partial charge in [-0.05, 0) is 16.7 Å². The number of fused-ring (bicyclic) bond motifs is 1. The van der Waals surface area contributed by atoms with Crippen LogP contribution in [0.5, 0.6) is 0 Å². The molecule has 1 heterocycles. The first-order valence-electron chi connectivity index (χ1n) is 4.62. The van der Waals surface area contributed by atoms with Gasteiger partial charge in [0.1, 0.15) is 0 Å². The van der Waals surface area contributed by atoms with Gasteiger partial charge in [0.05, 0.1) is 6.61 Å². The van der Waals surface area contributed by atoms with E-state index in [0.29, 0.717) is 6.61 Å². The summed E-state index contributed by atoms with van der Waals surface area (Å²) in [4.78, 5) is 12.4. The normalized spacial score (nSPS) is 14.2. The summed E-state index contributed by atoms with van der Waals surface area (Å²) in [6.07, 6.45) is 0.899. The molecule has 1 aliphatic rings. The lowest BCUT2D eigenvalue weighted by atomic mass is 10.1. The number of carbonyl (C=O) groups is 1. The molecule has 14 heavy (non-hydrogen) atoms. The van der Waals surface area contributed by atoms with Crippen molar-refractivity contribution < 1.29 is 9.53 Å². The third kappa shape index (κ3) is 1.63. The summed E-state index contributed by atoms with van der Waals surface area (Å²) < 4.78 is 5.06. The van der Waals surface area contributed by atoms with Gasteiger partial charge in [-0.15, -0.1) is 0 Å². The smallest absolute Gasteiger partial charge is 0.210 e. The first-order valence-corrected chi connectivity index (χ1v) is 4.62. The van der Waals surface area contributed by atoms with Crippen molar-refractivity contribution in [2.75, 3.05) is 7.11 Å². The minimum Gasteiger partial charge on any atom is -0.380 e. The van der Waals surface area contributed by atoms with E-state index >= 15 is 0 Å².